The summed E-state index contributed by atoms with van der Waals surface area (Å²) in [5.41, 5.74) is 2.73. The summed E-state index contributed by atoms with van der Waals surface area (Å²) < 4.78 is 5.88. The highest BCUT2D eigenvalue weighted by atomic mass is 16.5. The van der Waals surface area contributed by atoms with Crippen molar-refractivity contribution in [3.05, 3.63) is 83.6 Å². The summed E-state index contributed by atoms with van der Waals surface area (Å²) in [4.78, 5) is 38.5. The molecule has 188 valence electrons. The molecule has 2 amide bonds. The summed E-state index contributed by atoms with van der Waals surface area (Å²) in [6, 6.07) is 12.3. The summed E-state index contributed by atoms with van der Waals surface area (Å²) >= 11 is 0. The van der Waals surface area contributed by atoms with Crippen molar-refractivity contribution in [2.24, 2.45) is 9.98 Å². The van der Waals surface area contributed by atoms with Crippen LogP contribution in [0.1, 0.15) is 26.3 Å². The van der Waals surface area contributed by atoms with Gasteiger partial charge in [-0.25, -0.2) is 0 Å². The van der Waals surface area contributed by atoms with Gasteiger partial charge in [0.25, 0.3) is 11.8 Å². The first-order valence-corrected chi connectivity index (χ1v) is 11.5. The first-order chi connectivity index (χ1) is 17.2. The monoisotopic (exact) mass is 488 g/mol. The maximum absolute atomic E-state index is 13.0. The molecule has 3 rings (SSSR count). The van der Waals surface area contributed by atoms with Crippen molar-refractivity contribution in [1.29, 1.82) is 0 Å². The minimum Gasteiger partial charge on any atom is -0.434 e. The number of carbonyl (C=O) groups excluding carboxylic acids is 2. The van der Waals surface area contributed by atoms with E-state index >= 15 is 0 Å². The number of amides is 2. The molecular weight excluding hydrogens is 456 g/mol. The molecule has 36 heavy (non-hydrogen) atoms. The van der Waals surface area contributed by atoms with E-state index in [1.165, 1.54) is 0 Å². The number of carbonyl (C=O) groups is 2. The summed E-state index contributed by atoms with van der Waals surface area (Å²) in [7, 11) is 9.30. The molecular formula is C27H32N6O3. The predicted molar refractivity (Wildman–Crippen MR) is 145 cm³/mol. The molecule has 0 atom stereocenters. The number of nitrogens with zero attached hydrogens (tertiary/aromatic N) is 4. The lowest BCUT2D eigenvalue weighted by Gasteiger charge is -2.15. The van der Waals surface area contributed by atoms with Gasteiger partial charge in [-0.05, 0) is 56.6 Å². The second kappa shape index (κ2) is 11.9. The van der Waals surface area contributed by atoms with Crippen LogP contribution in [-0.4, -0.2) is 76.8 Å². The van der Waals surface area contributed by atoms with Crippen LogP contribution in [0, 0.1) is 0 Å². The van der Waals surface area contributed by atoms with Crippen LogP contribution < -0.4 is 15.5 Å². The molecule has 1 heterocycles. The van der Waals surface area contributed by atoms with E-state index in [1.807, 2.05) is 50.1 Å². The van der Waals surface area contributed by atoms with Crippen LogP contribution >= 0.6 is 0 Å². The molecule has 9 nitrogen and oxygen atoms in total. The van der Waals surface area contributed by atoms with E-state index in [4.69, 9.17) is 4.74 Å². The molecule has 0 unspecified atom stereocenters. The van der Waals surface area contributed by atoms with E-state index in [2.05, 4.69) is 27.2 Å². The van der Waals surface area contributed by atoms with E-state index in [0.717, 1.165) is 5.69 Å². The number of anilines is 2. The predicted octanol–water partition coefficient (Wildman–Crippen LogP) is 3.17. The fourth-order valence-electron chi connectivity index (χ4n) is 3.40. The highest BCUT2D eigenvalue weighted by Gasteiger charge is 2.23. The van der Waals surface area contributed by atoms with Crippen LogP contribution in [0.25, 0.3) is 0 Å². The zero-order valence-electron chi connectivity index (χ0n) is 21.3. The zero-order chi connectivity index (χ0) is 26.2. The van der Waals surface area contributed by atoms with Gasteiger partial charge in [0.1, 0.15) is 0 Å². The van der Waals surface area contributed by atoms with Gasteiger partial charge >= 0.3 is 0 Å². The fourth-order valence-corrected chi connectivity index (χ4v) is 3.40. The van der Waals surface area contributed by atoms with E-state index in [1.54, 1.807) is 49.5 Å². The number of rotatable bonds is 9. The quantitative estimate of drug-likeness (QED) is 0.565. The molecule has 0 saturated carbocycles. The van der Waals surface area contributed by atoms with Crippen LogP contribution in [0.3, 0.4) is 0 Å². The number of allylic oxidation sites excluding steroid dienone is 2. The molecule has 0 spiro atoms. The molecule has 0 bridgehead atoms. The Bertz CT molecular complexity index is 1240. The number of hydrogen-bond acceptors (Lipinski definition) is 6. The second-order valence-corrected chi connectivity index (χ2v) is 8.59. The topological polar surface area (TPSA) is 98.6 Å². The normalized spacial score (nSPS) is 15.0. The van der Waals surface area contributed by atoms with E-state index in [-0.39, 0.29) is 17.7 Å². The number of amidine groups is 1. The Morgan fingerprint density at radius 1 is 1.08 bits per heavy atom. The van der Waals surface area contributed by atoms with E-state index in [9.17, 15) is 9.59 Å². The summed E-state index contributed by atoms with van der Waals surface area (Å²) in [5.74, 6) is 0.573. The highest BCUT2D eigenvalue weighted by Crippen LogP contribution is 2.23. The molecule has 0 aromatic heterocycles. The maximum Gasteiger partial charge on any atom is 0.255 e. The Morgan fingerprint density at radius 2 is 1.86 bits per heavy atom. The molecule has 2 aromatic rings. The molecule has 1 aliphatic heterocycles. The van der Waals surface area contributed by atoms with Crippen molar-refractivity contribution < 1.29 is 14.3 Å². The van der Waals surface area contributed by atoms with Gasteiger partial charge in [-0.2, -0.15) is 4.99 Å². The third kappa shape index (κ3) is 6.67. The molecule has 2 aromatic carbocycles. The molecule has 0 fully saturated rings. The Kier molecular flexibility index (Phi) is 8.75. The van der Waals surface area contributed by atoms with Crippen molar-refractivity contribution in [3.63, 3.8) is 0 Å². The fraction of sp³-hybridized carbons (Fsp3) is 0.259. The Morgan fingerprint density at radius 3 is 2.53 bits per heavy atom. The summed E-state index contributed by atoms with van der Waals surface area (Å²) in [5, 5.41) is 5.80. The molecule has 0 saturated heterocycles. The third-order valence-corrected chi connectivity index (χ3v) is 5.28. The van der Waals surface area contributed by atoms with Crippen molar-refractivity contribution in [1.82, 2.24) is 10.2 Å². The molecule has 0 radical (unpaired) electrons. The van der Waals surface area contributed by atoms with Crippen LogP contribution in [0.2, 0.25) is 0 Å². The summed E-state index contributed by atoms with van der Waals surface area (Å²) in [6.45, 7) is 4.86. The van der Waals surface area contributed by atoms with Gasteiger partial charge in [0.2, 0.25) is 5.90 Å². The van der Waals surface area contributed by atoms with Crippen LogP contribution in [0.15, 0.2) is 76.9 Å². The molecule has 9 heteroatoms. The lowest BCUT2D eigenvalue weighted by atomic mass is 10.1. The Balaban J connectivity index is 1.95. The molecule has 2 N–H and O–H groups in total. The van der Waals surface area contributed by atoms with Gasteiger partial charge in [0.15, 0.2) is 11.6 Å². The first-order valence-electron chi connectivity index (χ1n) is 11.5. The first kappa shape index (κ1) is 26.4. The molecule has 1 aliphatic rings. The number of benzene rings is 2. The number of likely N-dealkylation sites (N-methyl/N-ethyl adjacent to an activating group) is 1. The number of nitrogens with one attached hydrogen (secondary N) is 2. The molecule has 0 aliphatic carbocycles. The van der Waals surface area contributed by atoms with Gasteiger partial charge < -0.3 is 25.2 Å². The van der Waals surface area contributed by atoms with Crippen LogP contribution in [0.5, 0.6) is 0 Å². The van der Waals surface area contributed by atoms with Crippen molar-refractivity contribution in [2.75, 3.05) is 58.5 Å². The largest absolute Gasteiger partial charge is 0.434 e. The van der Waals surface area contributed by atoms with Gasteiger partial charge in [0.05, 0.1) is 0 Å². The van der Waals surface area contributed by atoms with Crippen molar-refractivity contribution in [3.8, 4) is 0 Å². The average molecular weight is 489 g/mol. The van der Waals surface area contributed by atoms with E-state index in [0.29, 0.717) is 47.1 Å². The van der Waals surface area contributed by atoms with Gasteiger partial charge in [-0.3, -0.25) is 14.6 Å². The Labute approximate surface area is 211 Å². The van der Waals surface area contributed by atoms with Crippen LogP contribution in [-0.2, 0) is 4.74 Å². The van der Waals surface area contributed by atoms with Crippen molar-refractivity contribution >= 4 is 34.9 Å². The lowest BCUT2D eigenvalue weighted by Crippen LogP contribution is -2.31. The van der Waals surface area contributed by atoms with Gasteiger partial charge in [-0.1, -0.05) is 18.7 Å². The minimum atomic E-state index is -0.299. The smallest absolute Gasteiger partial charge is 0.255 e. The summed E-state index contributed by atoms with van der Waals surface area (Å²) in [6.07, 6.45) is 3.25. The third-order valence-electron chi connectivity index (χ3n) is 5.28. The number of aliphatic imine (C=N–C) groups is 2. The van der Waals surface area contributed by atoms with Crippen LogP contribution in [0.4, 0.5) is 11.4 Å². The second-order valence-electron chi connectivity index (χ2n) is 8.59. The number of hydrogen-bond donors (Lipinski definition) is 2. The zero-order valence-corrected chi connectivity index (χ0v) is 21.3. The SMILES string of the molecule is C=C/C=C1/OC(c2cc(NC(=O)c3cccc(N(C)C)c3)cc(C(=O)NCCN(C)C)c2)=NC1=NC. The minimum absolute atomic E-state index is 0.270. The van der Waals surface area contributed by atoms with Gasteiger partial charge in [0, 0.05) is 62.3 Å². The maximum atomic E-state index is 13.0. The number of ether oxygens (including phenoxy) is 1. The van der Waals surface area contributed by atoms with Crippen molar-refractivity contribution in [2.45, 2.75) is 0 Å². The lowest BCUT2D eigenvalue weighted by molar-refractivity contribution is 0.0949. The Hall–Kier alpha value is -4.24. The van der Waals surface area contributed by atoms with Gasteiger partial charge in [-0.15, -0.1) is 0 Å². The highest BCUT2D eigenvalue weighted by molar-refractivity contribution is 6.16. The average Bonchev–Trinajstić information content (AvgIpc) is 3.27. The standard InChI is InChI=1S/C27H32N6O3/c1-7-9-23-24(28-2)31-27(36-23)20-14-19(25(34)29-12-13-32(3)4)15-21(16-20)30-26(35)18-10-8-11-22(17-18)33(5)6/h7-11,14-17H,1,12-13H2,2-6H3,(H,29,34)(H,30,35)/b23-9+,28-24?. The van der Waals surface area contributed by atoms with E-state index < -0.39 is 0 Å².